The van der Waals surface area contributed by atoms with Gasteiger partial charge in [-0.2, -0.15) is 4.31 Å². The largest absolute Gasteiger partial charge is 0.313 e. The number of aryl methyl sites for hydroxylation is 2. The summed E-state index contributed by atoms with van der Waals surface area (Å²) in [6.45, 7) is 3.89. The van der Waals surface area contributed by atoms with Gasteiger partial charge in [-0.3, -0.25) is 10.1 Å². The van der Waals surface area contributed by atoms with Gasteiger partial charge in [-0.05, 0) is 37.1 Å². The molecule has 0 aromatic heterocycles. The lowest BCUT2D eigenvalue weighted by molar-refractivity contribution is -0.388. The Hall–Kier alpha value is -2.07. The summed E-state index contributed by atoms with van der Waals surface area (Å²) in [4.78, 5) is 10.6. The summed E-state index contributed by atoms with van der Waals surface area (Å²) in [5.74, 6) is -0.465. The number of piperazine rings is 1. The average Bonchev–Trinajstić information content (AvgIpc) is 2.63. The Morgan fingerprint density at radius 2 is 1.89 bits per heavy atom. The highest BCUT2D eigenvalue weighted by Gasteiger charge is 2.40. The van der Waals surface area contributed by atoms with E-state index in [1.807, 2.05) is 0 Å². The average molecular weight is 430 g/mol. The van der Waals surface area contributed by atoms with Gasteiger partial charge in [-0.15, -0.1) is 12.4 Å². The number of hydrogen-bond acceptors (Lipinski definition) is 5. The second-order valence-electron chi connectivity index (χ2n) is 6.52. The van der Waals surface area contributed by atoms with Crippen LogP contribution in [-0.2, 0) is 10.0 Å². The molecule has 1 fully saturated rings. The first-order chi connectivity index (χ1) is 12.7. The van der Waals surface area contributed by atoms with E-state index in [1.54, 1.807) is 19.1 Å². The molecule has 1 N–H and O–H groups in total. The van der Waals surface area contributed by atoms with Crippen LogP contribution in [0.4, 0.5) is 10.1 Å². The molecule has 2 aromatic rings. The van der Waals surface area contributed by atoms with Crippen molar-refractivity contribution in [2.24, 2.45) is 0 Å². The second-order valence-corrected chi connectivity index (χ2v) is 8.35. The van der Waals surface area contributed by atoms with Crippen molar-refractivity contribution in [1.82, 2.24) is 9.62 Å². The number of nitro benzene ring substituents is 1. The van der Waals surface area contributed by atoms with Crippen LogP contribution in [0.1, 0.15) is 22.7 Å². The molecule has 7 nitrogen and oxygen atoms in total. The summed E-state index contributed by atoms with van der Waals surface area (Å²) in [7, 11) is -4.17. The quantitative estimate of drug-likeness (QED) is 0.595. The molecule has 3 rings (SSSR count). The molecule has 10 heteroatoms. The Morgan fingerprint density at radius 3 is 2.54 bits per heavy atom. The fourth-order valence-electron chi connectivity index (χ4n) is 3.41. The number of rotatable bonds is 4. The molecule has 0 bridgehead atoms. The van der Waals surface area contributed by atoms with Crippen LogP contribution in [0.2, 0.25) is 0 Å². The van der Waals surface area contributed by atoms with Crippen LogP contribution < -0.4 is 5.32 Å². The van der Waals surface area contributed by atoms with Crippen LogP contribution in [0, 0.1) is 29.8 Å². The molecule has 1 aliphatic heterocycles. The van der Waals surface area contributed by atoms with Crippen LogP contribution in [0.25, 0.3) is 0 Å². The van der Waals surface area contributed by atoms with E-state index in [2.05, 4.69) is 5.32 Å². The third kappa shape index (κ3) is 4.02. The number of nitrogens with one attached hydrogen (secondary N) is 1. The highest BCUT2D eigenvalue weighted by atomic mass is 35.5. The zero-order chi connectivity index (χ0) is 19.8. The Balaban J connectivity index is 0.00000280. The molecule has 2 aromatic carbocycles. The zero-order valence-electron chi connectivity index (χ0n) is 15.4. The van der Waals surface area contributed by atoms with Crippen molar-refractivity contribution in [3.05, 3.63) is 69.0 Å². The summed E-state index contributed by atoms with van der Waals surface area (Å²) in [6, 6.07) is 8.19. The molecular weight excluding hydrogens is 409 g/mol. The molecule has 1 unspecified atom stereocenters. The van der Waals surface area contributed by atoms with E-state index in [0.29, 0.717) is 24.2 Å². The third-order valence-electron chi connectivity index (χ3n) is 4.71. The standard InChI is InChI=1S/C18H20FN3O4S.ClH/c1-12-6-7-13(2)18(17(12)22(23)24)27(25,26)21-9-8-20-11-16(21)14-4-3-5-15(19)10-14;/h3-7,10,16,20H,8-9,11H2,1-2H3;1H. The van der Waals surface area contributed by atoms with Gasteiger partial charge in [0.25, 0.3) is 15.7 Å². The molecule has 1 saturated heterocycles. The number of nitro groups is 1. The summed E-state index contributed by atoms with van der Waals surface area (Å²) in [6.07, 6.45) is 0. The second kappa shape index (κ2) is 8.52. The topological polar surface area (TPSA) is 92.6 Å². The normalized spacial score (nSPS) is 17.8. The SMILES string of the molecule is Cc1ccc(C)c(S(=O)(=O)N2CCNCC2c2cccc(F)c2)c1[N+](=O)[O-].Cl. The number of benzene rings is 2. The van der Waals surface area contributed by atoms with E-state index in [9.17, 15) is 22.9 Å². The van der Waals surface area contributed by atoms with E-state index in [-0.39, 0.29) is 29.4 Å². The Kier molecular flexibility index (Phi) is 6.76. The fourth-order valence-corrected chi connectivity index (χ4v) is 5.46. The van der Waals surface area contributed by atoms with Crippen molar-refractivity contribution >= 4 is 28.1 Å². The summed E-state index contributed by atoms with van der Waals surface area (Å²) in [5.41, 5.74) is 0.677. The maximum Gasteiger partial charge on any atom is 0.292 e. The summed E-state index contributed by atoms with van der Waals surface area (Å²) in [5, 5.41) is 14.7. The molecule has 1 atom stereocenters. The third-order valence-corrected chi connectivity index (χ3v) is 6.79. The van der Waals surface area contributed by atoms with Gasteiger partial charge in [-0.25, -0.2) is 12.8 Å². The van der Waals surface area contributed by atoms with E-state index >= 15 is 0 Å². The zero-order valence-corrected chi connectivity index (χ0v) is 17.0. The van der Waals surface area contributed by atoms with Crippen molar-refractivity contribution in [3.63, 3.8) is 0 Å². The van der Waals surface area contributed by atoms with Gasteiger partial charge < -0.3 is 5.32 Å². The first-order valence-electron chi connectivity index (χ1n) is 8.46. The summed E-state index contributed by atoms with van der Waals surface area (Å²) < 4.78 is 41.8. The smallest absolute Gasteiger partial charge is 0.292 e. The van der Waals surface area contributed by atoms with Crippen molar-refractivity contribution in [2.45, 2.75) is 24.8 Å². The van der Waals surface area contributed by atoms with E-state index < -0.39 is 32.5 Å². The van der Waals surface area contributed by atoms with Gasteiger partial charge in [-0.1, -0.05) is 24.3 Å². The van der Waals surface area contributed by atoms with Crippen LogP contribution in [0.3, 0.4) is 0 Å². The van der Waals surface area contributed by atoms with E-state index in [1.165, 1.54) is 35.5 Å². The van der Waals surface area contributed by atoms with E-state index in [4.69, 9.17) is 0 Å². The van der Waals surface area contributed by atoms with Gasteiger partial charge in [0.1, 0.15) is 5.82 Å². The van der Waals surface area contributed by atoms with Crippen LogP contribution >= 0.6 is 12.4 Å². The molecule has 0 saturated carbocycles. The monoisotopic (exact) mass is 429 g/mol. The number of hydrogen-bond donors (Lipinski definition) is 1. The number of halogens is 2. The van der Waals surface area contributed by atoms with Crippen molar-refractivity contribution in [2.75, 3.05) is 19.6 Å². The van der Waals surface area contributed by atoms with Gasteiger partial charge in [0.2, 0.25) is 0 Å². The van der Waals surface area contributed by atoms with Crippen molar-refractivity contribution in [3.8, 4) is 0 Å². The molecule has 0 spiro atoms. The van der Waals surface area contributed by atoms with Crippen molar-refractivity contribution < 1.29 is 17.7 Å². The molecule has 1 aliphatic rings. The van der Waals surface area contributed by atoms with Crippen molar-refractivity contribution in [1.29, 1.82) is 0 Å². The maximum absolute atomic E-state index is 13.7. The first-order valence-corrected chi connectivity index (χ1v) is 9.90. The predicted octanol–water partition coefficient (Wildman–Crippen LogP) is 3.11. The molecule has 0 aliphatic carbocycles. The minimum Gasteiger partial charge on any atom is -0.313 e. The lowest BCUT2D eigenvalue weighted by Crippen LogP contribution is -2.48. The molecular formula is C18H21ClFN3O4S. The number of sulfonamides is 1. The fraction of sp³-hybridized carbons (Fsp3) is 0.333. The van der Waals surface area contributed by atoms with Gasteiger partial charge >= 0.3 is 0 Å². The van der Waals surface area contributed by atoms with Crippen LogP contribution in [0.15, 0.2) is 41.3 Å². The van der Waals surface area contributed by atoms with Gasteiger partial charge in [0.15, 0.2) is 4.90 Å². The molecule has 0 amide bonds. The Labute approximate surface area is 169 Å². The lowest BCUT2D eigenvalue weighted by atomic mass is 10.1. The minimum absolute atomic E-state index is 0. The molecule has 1 heterocycles. The first kappa shape index (κ1) is 22.2. The maximum atomic E-state index is 13.7. The summed E-state index contributed by atoms with van der Waals surface area (Å²) >= 11 is 0. The van der Waals surface area contributed by atoms with Crippen LogP contribution in [0.5, 0.6) is 0 Å². The highest BCUT2D eigenvalue weighted by molar-refractivity contribution is 7.89. The Morgan fingerprint density at radius 1 is 1.21 bits per heavy atom. The Bertz CT molecular complexity index is 1000. The van der Waals surface area contributed by atoms with Gasteiger partial charge in [0.05, 0.1) is 11.0 Å². The predicted molar refractivity (Wildman–Crippen MR) is 106 cm³/mol. The highest BCUT2D eigenvalue weighted by Crippen LogP contribution is 2.36. The minimum atomic E-state index is -4.17. The molecule has 152 valence electrons. The van der Waals surface area contributed by atoms with Crippen LogP contribution in [-0.4, -0.2) is 37.3 Å². The lowest BCUT2D eigenvalue weighted by Gasteiger charge is -2.35. The number of nitrogens with zero attached hydrogens (tertiary/aromatic N) is 2. The molecule has 0 radical (unpaired) electrons. The van der Waals surface area contributed by atoms with E-state index in [0.717, 1.165) is 0 Å². The molecule has 28 heavy (non-hydrogen) atoms. The van der Waals surface area contributed by atoms with Gasteiger partial charge in [0, 0.05) is 25.2 Å².